The molecule has 8 heteroatoms. The quantitative estimate of drug-likeness (QED) is 0.750. The Hall–Kier alpha value is -2.19. The third kappa shape index (κ3) is 4.03. The Balaban J connectivity index is 1.17. The fourth-order valence-corrected chi connectivity index (χ4v) is 5.26. The third-order valence-corrected chi connectivity index (χ3v) is 6.65. The zero-order valence-corrected chi connectivity index (χ0v) is 16.7. The van der Waals surface area contributed by atoms with Gasteiger partial charge in [-0.15, -0.1) is 10.2 Å². The molecule has 1 aliphatic carbocycles. The van der Waals surface area contributed by atoms with E-state index in [0.717, 1.165) is 51.8 Å². The molecular weight excluding hydrogens is 393 g/mol. The maximum absolute atomic E-state index is 14.0. The van der Waals surface area contributed by atoms with E-state index >= 15 is 0 Å². The van der Waals surface area contributed by atoms with E-state index in [-0.39, 0.29) is 11.3 Å². The summed E-state index contributed by atoms with van der Waals surface area (Å²) in [7, 11) is 0. The average molecular weight is 418 g/mol. The molecule has 4 atom stereocenters. The molecule has 5 nitrogen and oxygen atoms in total. The molecule has 0 bridgehead atoms. The lowest BCUT2D eigenvalue weighted by molar-refractivity contribution is 0.171. The first-order valence-corrected chi connectivity index (χ1v) is 10.6. The number of anilines is 1. The second-order valence-corrected chi connectivity index (χ2v) is 8.83. The smallest absolute Gasteiger partial charge is 0.168 e. The van der Waals surface area contributed by atoms with Crippen molar-refractivity contribution in [2.24, 2.45) is 17.8 Å². The normalized spacial score (nSPS) is 28.8. The molecule has 1 aromatic carbocycles. The first kappa shape index (κ1) is 19.8. The van der Waals surface area contributed by atoms with Gasteiger partial charge in [-0.05, 0) is 55.2 Å². The lowest BCUT2D eigenvalue weighted by Gasteiger charge is -2.22. The van der Waals surface area contributed by atoms with Crippen LogP contribution < -0.4 is 5.32 Å². The number of nitrogens with zero attached hydrogens (tertiary/aromatic N) is 3. The number of rotatable bonds is 5. The van der Waals surface area contributed by atoms with E-state index in [2.05, 4.69) is 20.4 Å². The van der Waals surface area contributed by atoms with Crippen LogP contribution in [-0.4, -0.2) is 54.0 Å². The van der Waals surface area contributed by atoms with Crippen LogP contribution in [0, 0.1) is 35.2 Å². The van der Waals surface area contributed by atoms with Crippen LogP contribution in [0.4, 0.5) is 19.0 Å². The second kappa shape index (κ2) is 8.15. The van der Waals surface area contributed by atoms with Crippen molar-refractivity contribution in [1.82, 2.24) is 15.1 Å². The minimum Gasteiger partial charge on any atom is -0.381 e. The second-order valence-electron chi connectivity index (χ2n) is 8.83. The summed E-state index contributed by atoms with van der Waals surface area (Å²) in [4.78, 5) is 2.59. The highest BCUT2D eigenvalue weighted by atomic mass is 19.2. The summed E-state index contributed by atoms with van der Waals surface area (Å²) < 4.78 is 46.3. The minimum absolute atomic E-state index is 0.103. The van der Waals surface area contributed by atoms with Crippen LogP contribution >= 0.6 is 0 Å². The van der Waals surface area contributed by atoms with Crippen LogP contribution in [0.2, 0.25) is 0 Å². The van der Waals surface area contributed by atoms with Gasteiger partial charge >= 0.3 is 0 Å². The van der Waals surface area contributed by atoms with E-state index in [4.69, 9.17) is 4.74 Å². The molecule has 2 saturated heterocycles. The van der Waals surface area contributed by atoms with E-state index < -0.39 is 17.5 Å². The largest absolute Gasteiger partial charge is 0.381 e. The number of halogens is 3. The van der Waals surface area contributed by atoms with Crippen molar-refractivity contribution in [2.45, 2.75) is 25.3 Å². The molecule has 3 heterocycles. The first-order chi connectivity index (χ1) is 14.5. The molecule has 0 radical (unpaired) electrons. The Morgan fingerprint density at radius 3 is 2.53 bits per heavy atom. The number of nitrogens with one attached hydrogen (secondary N) is 1. The highest BCUT2D eigenvalue weighted by Crippen LogP contribution is 2.39. The van der Waals surface area contributed by atoms with Gasteiger partial charge in [-0.3, -0.25) is 0 Å². The van der Waals surface area contributed by atoms with Crippen molar-refractivity contribution in [1.29, 1.82) is 0 Å². The standard InChI is InChI=1S/C22H25F3N4O/c23-16-7-18(22(25)19(24)8-16)20-1-2-21(28-27-20)26-17-5-14-10-29(11-15(14)6-17)9-13-3-4-30-12-13/h1-2,7-8,13-15,17H,3-6,9-12H2,(H,26,28)/t13-,14-,15+,17?/m1/s1. The molecule has 5 rings (SSSR count). The monoisotopic (exact) mass is 418 g/mol. The molecule has 1 aromatic heterocycles. The van der Waals surface area contributed by atoms with E-state index in [0.29, 0.717) is 35.7 Å². The lowest BCUT2D eigenvalue weighted by Crippen LogP contribution is -2.30. The summed E-state index contributed by atoms with van der Waals surface area (Å²) >= 11 is 0. The van der Waals surface area contributed by atoms with Crippen LogP contribution in [0.1, 0.15) is 19.3 Å². The average Bonchev–Trinajstić information content (AvgIpc) is 3.43. The van der Waals surface area contributed by atoms with Crippen LogP contribution in [0.3, 0.4) is 0 Å². The predicted octanol–water partition coefficient (Wildman–Crippen LogP) is 3.72. The van der Waals surface area contributed by atoms with E-state index in [1.54, 1.807) is 6.07 Å². The number of benzene rings is 1. The molecule has 3 aliphatic rings. The highest BCUT2D eigenvalue weighted by Gasteiger charge is 2.41. The number of fused-ring (bicyclic) bond motifs is 1. The lowest BCUT2D eigenvalue weighted by atomic mass is 10.0. The highest BCUT2D eigenvalue weighted by molar-refractivity contribution is 5.60. The van der Waals surface area contributed by atoms with Gasteiger partial charge in [0.25, 0.3) is 0 Å². The van der Waals surface area contributed by atoms with Crippen molar-refractivity contribution in [2.75, 3.05) is 38.2 Å². The molecule has 0 spiro atoms. The van der Waals surface area contributed by atoms with Crippen LogP contribution in [0.15, 0.2) is 24.3 Å². The Bertz CT molecular complexity index is 890. The fourth-order valence-electron chi connectivity index (χ4n) is 5.26. The summed E-state index contributed by atoms with van der Waals surface area (Å²) in [5.74, 6) is -0.531. The topological polar surface area (TPSA) is 50.3 Å². The van der Waals surface area contributed by atoms with E-state index in [1.165, 1.54) is 12.5 Å². The Kier molecular flexibility index (Phi) is 5.37. The zero-order valence-electron chi connectivity index (χ0n) is 16.7. The summed E-state index contributed by atoms with van der Waals surface area (Å²) in [6.45, 7) is 5.24. The van der Waals surface area contributed by atoms with Crippen LogP contribution in [0.5, 0.6) is 0 Å². The van der Waals surface area contributed by atoms with Crippen molar-refractivity contribution in [3.05, 3.63) is 41.7 Å². The molecule has 2 aliphatic heterocycles. The summed E-state index contributed by atoms with van der Waals surface area (Å²) in [5.41, 5.74) is -0.124. The van der Waals surface area contributed by atoms with Gasteiger partial charge in [-0.25, -0.2) is 13.2 Å². The number of hydrogen-bond acceptors (Lipinski definition) is 5. The first-order valence-electron chi connectivity index (χ1n) is 10.6. The molecule has 3 fully saturated rings. The van der Waals surface area contributed by atoms with Crippen LogP contribution in [-0.2, 0) is 4.74 Å². The van der Waals surface area contributed by atoms with Gasteiger partial charge in [-0.1, -0.05) is 0 Å². The van der Waals surface area contributed by atoms with Crippen molar-refractivity contribution in [3.8, 4) is 11.3 Å². The van der Waals surface area contributed by atoms with Gasteiger partial charge < -0.3 is 15.0 Å². The zero-order chi connectivity index (χ0) is 20.7. The molecule has 1 N–H and O–H groups in total. The van der Waals surface area contributed by atoms with Gasteiger partial charge in [0.2, 0.25) is 0 Å². The number of ether oxygens (including phenoxy) is 1. The molecule has 1 saturated carbocycles. The SMILES string of the molecule is Fc1cc(F)c(F)c(-c2ccc(NC3C[C@@H]4CN(C[C@H]5CCOC5)C[C@@H]4C3)nn2)c1. The fraction of sp³-hybridized carbons (Fsp3) is 0.545. The molecule has 160 valence electrons. The summed E-state index contributed by atoms with van der Waals surface area (Å²) in [5, 5.41) is 11.5. The molecule has 1 unspecified atom stereocenters. The number of hydrogen-bond donors (Lipinski definition) is 1. The Morgan fingerprint density at radius 1 is 1.07 bits per heavy atom. The number of likely N-dealkylation sites (tertiary alicyclic amines) is 1. The number of aromatic nitrogens is 2. The maximum Gasteiger partial charge on any atom is 0.168 e. The molecule has 2 aromatic rings. The summed E-state index contributed by atoms with van der Waals surface area (Å²) in [6, 6.07) is 5.00. The van der Waals surface area contributed by atoms with Gasteiger partial charge in [-0.2, -0.15) is 0 Å². The van der Waals surface area contributed by atoms with Crippen LogP contribution in [0.25, 0.3) is 11.3 Å². The van der Waals surface area contributed by atoms with E-state index in [9.17, 15) is 13.2 Å². The maximum atomic E-state index is 14.0. The van der Waals surface area contributed by atoms with Gasteiger partial charge in [0.05, 0.1) is 12.3 Å². The van der Waals surface area contributed by atoms with Gasteiger partial charge in [0.1, 0.15) is 11.6 Å². The van der Waals surface area contributed by atoms with Gasteiger partial charge in [0.15, 0.2) is 11.6 Å². The Labute approximate surface area is 173 Å². The molecule has 30 heavy (non-hydrogen) atoms. The Morgan fingerprint density at radius 2 is 1.87 bits per heavy atom. The van der Waals surface area contributed by atoms with Crippen molar-refractivity contribution >= 4 is 5.82 Å². The minimum atomic E-state index is -1.24. The summed E-state index contributed by atoms with van der Waals surface area (Å²) in [6.07, 6.45) is 3.36. The molecular formula is C22H25F3N4O. The molecule has 0 amide bonds. The van der Waals surface area contributed by atoms with Gasteiger partial charge in [0, 0.05) is 43.9 Å². The van der Waals surface area contributed by atoms with Crippen molar-refractivity contribution in [3.63, 3.8) is 0 Å². The third-order valence-electron chi connectivity index (χ3n) is 6.65. The van der Waals surface area contributed by atoms with E-state index in [1.807, 2.05) is 0 Å². The predicted molar refractivity (Wildman–Crippen MR) is 106 cm³/mol. The van der Waals surface area contributed by atoms with Crippen molar-refractivity contribution < 1.29 is 17.9 Å².